The predicted molar refractivity (Wildman–Crippen MR) is 188 cm³/mol. The van der Waals surface area contributed by atoms with Gasteiger partial charge in [-0.25, -0.2) is 0 Å². The molecular weight excluding hydrogens is 712 g/mol. The van der Waals surface area contributed by atoms with Crippen LogP contribution in [0.3, 0.4) is 0 Å². The number of ether oxygens (including phenoxy) is 1. The number of anilines is 1. The van der Waals surface area contributed by atoms with Crippen LogP contribution < -0.4 is 15.5 Å². The van der Waals surface area contributed by atoms with Crippen LogP contribution in [0.4, 0.5) is 5.69 Å². The van der Waals surface area contributed by atoms with Crippen LogP contribution in [0.2, 0.25) is 0 Å². The summed E-state index contributed by atoms with van der Waals surface area (Å²) < 4.78 is 6.12. The number of nitrogens with zero attached hydrogens (tertiary/aromatic N) is 2. The topological polar surface area (TPSA) is 101 Å². The molecule has 2 heterocycles. The SMILES string of the molecule is CC(C)(CCOC(C)(C)CNC(=O)CCC(=O)N1Cc2ccccc2C#Cc2ccccc21)NC(=O)c1cc(CBr)nc(CBr)c1. The van der Waals surface area contributed by atoms with Crippen molar-refractivity contribution < 1.29 is 19.1 Å². The largest absolute Gasteiger partial charge is 0.374 e. The highest BCUT2D eigenvalue weighted by atomic mass is 79.9. The van der Waals surface area contributed by atoms with E-state index in [1.165, 1.54) is 0 Å². The third-order valence-corrected chi connectivity index (χ3v) is 8.74. The van der Waals surface area contributed by atoms with Crippen LogP contribution in [0, 0.1) is 11.8 Å². The first-order chi connectivity index (χ1) is 21.9. The summed E-state index contributed by atoms with van der Waals surface area (Å²) in [5.41, 5.74) is 4.35. The van der Waals surface area contributed by atoms with E-state index >= 15 is 0 Å². The summed E-state index contributed by atoms with van der Waals surface area (Å²) in [5, 5.41) is 7.14. The Morgan fingerprint density at radius 3 is 2.24 bits per heavy atom. The van der Waals surface area contributed by atoms with Crippen molar-refractivity contribution in [2.45, 2.75) is 75.3 Å². The van der Waals surface area contributed by atoms with Gasteiger partial charge < -0.3 is 20.3 Å². The number of hydrogen-bond acceptors (Lipinski definition) is 5. The van der Waals surface area contributed by atoms with Crippen LogP contribution in [-0.4, -0.2) is 47.0 Å². The predicted octanol–water partition coefficient (Wildman–Crippen LogP) is 6.41. The van der Waals surface area contributed by atoms with E-state index in [2.05, 4.69) is 59.3 Å². The fourth-order valence-corrected chi connectivity index (χ4v) is 5.53. The summed E-state index contributed by atoms with van der Waals surface area (Å²) in [6.07, 6.45) is 0.691. The van der Waals surface area contributed by atoms with Crippen LogP contribution in [0.25, 0.3) is 0 Å². The first kappa shape index (κ1) is 35.3. The van der Waals surface area contributed by atoms with E-state index in [-0.39, 0.29) is 37.1 Å². The van der Waals surface area contributed by atoms with E-state index in [0.29, 0.717) is 35.8 Å². The minimum absolute atomic E-state index is 0.0581. The Hall–Kier alpha value is -3.52. The first-order valence-electron chi connectivity index (χ1n) is 15.2. The summed E-state index contributed by atoms with van der Waals surface area (Å²) in [6.45, 7) is 8.76. The molecule has 1 aromatic heterocycles. The number of benzene rings is 2. The van der Waals surface area contributed by atoms with Gasteiger partial charge in [0, 0.05) is 58.9 Å². The Bertz CT molecular complexity index is 1620. The number of hydrogen-bond donors (Lipinski definition) is 2. The lowest BCUT2D eigenvalue weighted by atomic mass is 10.00. The second kappa shape index (κ2) is 15.9. The summed E-state index contributed by atoms with van der Waals surface area (Å²) in [5.74, 6) is 5.88. The van der Waals surface area contributed by atoms with Gasteiger partial charge in [0.25, 0.3) is 5.91 Å². The Labute approximate surface area is 288 Å². The van der Waals surface area contributed by atoms with E-state index in [1.807, 2.05) is 76.2 Å². The maximum atomic E-state index is 13.4. The van der Waals surface area contributed by atoms with Crippen molar-refractivity contribution in [3.63, 3.8) is 0 Å². The van der Waals surface area contributed by atoms with Crippen molar-refractivity contribution in [2.24, 2.45) is 0 Å². The van der Waals surface area contributed by atoms with Crippen LogP contribution in [0.1, 0.15) is 85.4 Å². The Balaban J connectivity index is 1.25. The average Bonchev–Trinajstić information content (AvgIpc) is 3.03. The van der Waals surface area contributed by atoms with Crippen molar-refractivity contribution in [3.8, 4) is 11.8 Å². The van der Waals surface area contributed by atoms with Crippen LogP contribution >= 0.6 is 31.9 Å². The standard InChI is InChI=1S/C36H40Br2N4O4/c1-35(2,41-34(45)28-19-29(21-37)40-30(20-28)22-38)17-18-46-36(3,4)24-39-32(43)15-16-33(44)42-23-27-11-6-5-9-25(27)13-14-26-10-7-8-12-31(26)42/h5-12,19-20H,15-18,21-24H2,1-4H3,(H,39,43)(H,41,45). The molecule has 10 heteroatoms. The van der Waals surface area contributed by atoms with Crippen LogP contribution in [0.5, 0.6) is 0 Å². The molecule has 0 aliphatic carbocycles. The molecule has 0 bridgehead atoms. The van der Waals surface area contributed by atoms with Gasteiger partial charge in [-0.3, -0.25) is 19.4 Å². The molecule has 242 valence electrons. The third-order valence-electron chi connectivity index (χ3n) is 7.59. The van der Waals surface area contributed by atoms with Gasteiger partial charge in [-0.15, -0.1) is 0 Å². The van der Waals surface area contributed by atoms with Gasteiger partial charge in [0.15, 0.2) is 0 Å². The van der Waals surface area contributed by atoms with Gasteiger partial charge in [0.1, 0.15) is 0 Å². The number of fused-ring (bicyclic) bond motifs is 2. The molecule has 4 rings (SSSR count). The molecule has 2 aromatic carbocycles. The van der Waals surface area contributed by atoms with Crippen LogP contribution in [-0.2, 0) is 31.5 Å². The summed E-state index contributed by atoms with van der Waals surface area (Å²) >= 11 is 6.83. The molecule has 0 radical (unpaired) electrons. The molecule has 8 nitrogen and oxygen atoms in total. The van der Waals surface area contributed by atoms with Gasteiger partial charge in [-0.1, -0.05) is 74.0 Å². The number of carbonyl (C=O) groups is 3. The number of amides is 3. The number of pyridine rings is 1. The van der Waals surface area contributed by atoms with E-state index in [9.17, 15) is 14.4 Å². The molecule has 0 unspecified atom stereocenters. The van der Waals surface area contributed by atoms with Gasteiger partial charge >= 0.3 is 0 Å². The number of rotatable bonds is 13. The molecule has 3 amide bonds. The number of para-hydroxylation sites is 1. The lowest BCUT2D eigenvalue weighted by Gasteiger charge is -2.30. The number of nitrogens with one attached hydrogen (secondary N) is 2. The average molecular weight is 753 g/mol. The lowest BCUT2D eigenvalue weighted by Crippen LogP contribution is -2.46. The van der Waals surface area contributed by atoms with Crippen molar-refractivity contribution in [1.82, 2.24) is 15.6 Å². The van der Waals surface area contributed by atoms with Crippen molar-refractivity contribution >= 4 is 55.3 Å². The molecule has 0 atom stereocenters. The molecule has 0 spiro atoms. The van der Waals surface area contributed by atoms with Gasteiger partial charge in [-0.05, 0) is 70.0 Å². The fourth-order valence-electron chi connectivity index (χ4n) is 4.96. The minimum atomic E-state index is -0.648. The summed E-state index contributed by atoms with van der Waals surface area (Å²) in [4.78, 5) is 45.4. The Morgan fingerprint density at radius 2 is 1.54 bits per heavy atom. The number of aromatic nitrogens is 1. The quantitative estimate of drug-likeness (QED) is 0.156. The number of carbonyl (C=O) groups excluding carboxylic acids is 3. The first-order valence-corrected chi connectivity index (χ1v) is 17.5. The number of alkyl halides is 2. The summed E-state index contributed by atoms with van der Waals surface area (Å²) in [6, 6.07) is 19.0. The molecule has 2 N–H and O–H groups in total. The second-order valence-electron chi connectivity index (χ2n) is 12.5. The molecular formula is C36H40Br2N4O4. The van der Waals surface area contributed by atoms with Crippen molar-refractivity contribution in [3.05, 3.63) is 94.3 Å². The third kappa shape index (κ3) is 9.99. The zero-order valence-electron chi connectivity index (χ0n) is 26.7. The highest BCUT2D eigenvalue weighted by Crippen LogP contribution is 2.26. The molecule has 0 saturated heterocycles. The molecule has 0 saturated carbocycles. The molecule has 46 heavy (non-hydrogen) atoms. The van der Waals surface area contributed by atoms with Crippen LogP contribution in [0.15, 0.2) is 60.7 Å². The molecule has 1 aliphatic heterocycles. The van der Waals surface area contributed by atoms with E-state index in [0.717, 1.165) is 33.8 Å². The Morgan fingerprint density at radius 1 is 0.913 bits per heavy atom. The molecule has 0 fully saturated rings. The zero-order valence-corrected chi connectivity index (χ0v) is 29.9. The van der Waals surface area contributed by atoms with Crippen molar-refractivity contribution in [1.29, 1.82) is 0 Å². The van der Waals surface area contributed by atoms with Gasteiger partial charge in [0.05, 0.1) is 29.2 Å². The monoisotopic (exact) mass is 750 g/mol. The molecule has 3 aromatic rings. The maximum Gasteiger partial charge on any atom is 0.251 e. The second-order valence-corrected chi connectivity index (χ2v) is 13.6. The lowest BCUT2D eigenvalue weighted by molar-refractivity contribution is -0.126. The minimum Gasteiger partial charge on any atom is -0.374 e. The zero-order chi connectivity index (χ0) is 33.3. The van der Waals surface area contributed by atoms with Crippen molar-refractivity contribution in [2.75, 3.05) is 18.1 Å². The Kier molecular flexibility index (Phi) is 12.2. The van der Waals surface area contributed by atoms with Gasteiger partial charge in [-0.2, -0.15) is 0 Å². The van der Waals surface area contributed by atoms with Gasteiger partial charge in [0.2, 0.25) is 11.8 Å². The maximum absolute atomic E-state index is 13.4. The van der Waals surface area contributed by atoms with E-state index < -0.39 is 11.1 Å². The van der Waals surface area contributed by atoms with E-state index in [1.54, 1.807) is 17.0 Å². The molecule has 1 aliphatic rings. The smallest absolute Gasteiger partial charge is 0.251 e. The highest BCUT2D eigenvalue weighted by Gasteiger charge is 2.26. The van der Waals surface area contributed by atoms with E-state index in [4.69, 9.17) is 4.74 Å². The number of halogens is 2. The normalized spacial score (nSPS) is 12.5. The summed E-state index contributed by atoms with van der Waals surface area (Å²) in [7, 11) is 0. The highest BCUT2D eigenvalue weighted by molar-refractivity contribution is 9.08. The fraction of sp³-hybridized carbons (Fsp3) is 0.389.